The second-order valence-corrected chi connectivity index (χ2v) is 8.80. The lowest BCUT2D eigenvalue weighted by Gasteiger charge is -2.35. The number of carbonyl (C=O) groups excluding carboxylic acids is 1. The van der Waals surface area contributed by atoms with Crippen LogP contribution in [0.2, 0.25) is 0 Å². The lowest BCUT2D eigenvalue weighted by atomic mass is 10.0. The van der Waals surface area contributed by atoms with Crippen molar-refractivity contribution in [2.24, 2.45) is 7.05 Å². The predicted molar refractivity (Wildman–Crippen MR) is 129 cm³/mol. The van der Waals surface area contributed by atoms with E-state index in [0.717, 1.165) is 31.7 Å². The number of fused-ring (bicyclic) bond motifs is 1. The Labute approximate surface area is 196 Å². The van der Waals surface area contributed by atoms with Crippen LogP contribution >= 0.6 is 0 Å². The van der Waals surface area contributed by atoms with E-state index in [4.69, 9.17) is 0 Å². The molecular weight excluding hydrogens is 435 g/mol. The SMILES string of the molecule is CN(C)C1CCN(c2ccc(C(=O)Nc3cc(-c4nc5c(F)cccc5[nH]4)n(C)n3)cn2)CC1. The molecule has 0 spiro atoms. The molecule has 176 valence electrons. The number of piperidine rings is 1. The number of nitrogens with zero attached hydrogens (tertiary/aromatic N) is 6. The number of aryl methyl sites for hydroxylation is 1. The van der Waals surface area contributed by atoms with E-state index < -0.39 is 5.82 Å². The zero-order valence-electron chi connectivity index (χ0n) is 19.4. The van der Waals surface area contributed by atoms with E-state index in [9.17, 15) is 9.18 Å². The Morgan fingerprint density at radius 3 is 2.68 bits per heavy atom. The molecule has 1 amide bonds. The highest BCUT2D eigenvalue weighted by atomic mass is 19.1. The van der Waals surface area contributed by atoms with Gasteiger partial charge in [-0.1, -0.05) is 6.07 Å². The molecule has 0 atom stereocenters. The fourth-order valence-corrected chi connectivity index (χ4v) is 4.38. The number of aromatic nitrogens is 5. The number of rotatable bonds is 5. The van der Waals surface area contributed by atoms with Gasteiger partial charge in [0.05, 0.1) is 11.1 Å². The molecule has 4 heterocycles. The molecule has 9 nitrogen and oxygen atoms in total. The summed E-state index contributed by atoms with van der Waals surface area (Å²) >= 11 is 0. The third kappa shape index (κ3) is 4.24. The largest absolute Gasteiger partial charge is 0.357 e. The smallest absolute Gasteiger partial charge is 0.258 e. The number of anilines is 2. The van der Waals surface area contributed by atoms with Gasteiger partial charge in [0.2, 0.25) is 0 Å². The Morgan fingerprint density at radius 2 is 2.00 bits per heavy atom. The highest BCUT2D eigenvalue weighted by Gasteiger charge is 2.22. The van der Waals surface area contributed by atoms with Crippen LogP contribution < -0.4 is 10.2 Å². The topological polar surface area (TPSA) is 95.0 Å². The minimum atomic E-state index is -0.395. The zero-order valence-corrected chi connectivity index (χ0v) is 19.4. The summed E-state index contributed by atoms with van der Waals surface area (Å²) < 4.78 is 15.6. The summed E-state index contributed by atoms with van der Waals surface area (Å²) in [6.45, 7) is 1.90. The molecule has 2 N–H and O–H groups in total. The van der Waals surface area contributed by atoms with Crippen molar-refractivity contribution in [1.82, 2.24) is 29.6 Å². The number of benzene rings is 1. The van der Waals surface area contributed by atoms with Gasteiger partial charge in [0.25, 0.3) is 5.91 Å². The Hall–Kier alpha value is -3.79. The second-order valence-electron chi connectivity index (χ2n) is 8.80. The molecule has 1 aliphatic rings. The summed E-state index contributed by atoms with van der Waals surface area (Å²) in [7, 11) is 5.98. The molecule has 4 aromatic rings. The first-order valence-electron chi connectivity index (χ1n) is 11.3. The van der Waals surface area contributed by atoms with Crippen LogP contribution in [-0.2, 0) is 7.05 Å². The number of imidazole rings is 1. The molecule has 0 saturated carbocycles. The number of H-pyrrole nitrogens is 1. The zero-order chi connectivity index (χ0) is 23.8. The number of nitrogens with one attached hydrogen (secondary N) is 2. The van der Waals surface area contributed by atoms with E-state index in [2.05, 4.69) is 49.3 Å². The van der Waals surface area contributed by atoms with Crippen LogP contribution in [0.1, 0.15) is 23.2 Å². The first kappa shape index (κ1) is 22.0. The maximum absolute atomic E-state index is 14.0. The molecule has 0 radical (unpaired) electrons. The van der Waals surface area contributed by atoms with Gasteiger partial charge < -0.3 is 20.1 Å². The fraction of sp³-hybridized carbons (Fsp3) is 0.333. The van der Waals surface area contributed by atoms with Gasteiger partial charge in [0, 0.05) is 38.4 Å². The Morgan fingerprint density at radius 1 is 1.21 bits per heavy atom. The molecule has 1 fully saturated rings. The summed E-state index contributed by atoms with van der Waals surface area (Å²) in [4.78, 5) is 29.2. The summed E-state index contributed by atoms with van der Waals surface area (Å²) in [6.07, 6.45) is 3.78. The number of pyridine rings is 1. The van der Waals surface area contributed by atoms with Crippen molar-refractivity contribution in [3.8, 4) is 11.5 Å². The number of hydrogen-bond acceptors (Lipinski definition) is 6. The number of aromatic amines is 1. The predicted octanol–water partition coefficient (Wildman–Crippen LogP) is 3.28. The van der Waals surface area contributed by atoms with Crippen LogP contribution in [0.5, 0.6) is 0 Å². The number of para-hydroxylation sites is 1. The van der Waals surface area contributed by atoms with E-state index in [-0.39, 0.29) is 11.4 Å². The van der Waals surface area contributed by atoms with Gasteiger partial charge in [0.15, 0.2) is 17.5 Å². The van der Waals surface area contributed by atoms with Crippen LogP contribution in [-0.4, -0.2) is 68.8 Å². The van der Waals surface area contributed by atoms with Crippen LogP contribution in [0.4, 0.5) is 16.0 Å². The van der Waals surface area contributed by atoms with Gasteiger partial charge in [-0.3, -0.25) is 9.48 Å². The van der Waals surface area contributed by atoms with Crippen molar-refractivity contribution in [1.29, 1.82) is 0 Å². The number of carbonyl (C=O) groups is 1. The molecule has 0 unspecified atom stereocenters. The minimum absolute atomic E-state index is 0.265. The van der Waals surface area contributed by atoms with Crippen molar-refractivity contribution >= 4 is 28.6 Å². The lowest BCUT2D eigenvalue weighted by Crippen LogP contribution is -2.42. The minimum Gasteiger partial charge on any atom is -0.357 e. The van der Waals surface area contributed by atoms with Crippen LogP contribution in [0.3, 0.4) is 0 Å². The van der Waals surface area contributed by atoms with Crippen molar-refractivity contribution in [2.75, 3.05) is 37.4 Å². The molecule has 3 aromatic heterocycles. The molecule has 10 heteroatoms. The standard InChI is InChI=1S/C24H27FN8O/c1-31(2)16-9-11-33(12-10-16)21-8-7-15(14-26-21)24(34)28-20-13-19(32(3)30-20)23-27-18-6-4-5-17(25)22(18)29-23/h4-8,13-14,16H,9-12H2,1-3H3,(H,27,29)(H,28,30,34). The Kier molecular flexibility index (Phi) is 5.74. The van der Waals surface area contributed by atoms with Gasteiger partial charge in [-0.2, -0.15) is 5.10 Å². The lowest BCUT2D eigenvalue weighted by molar-refractivity contribution is 0.102. The van der Waals surface area contributed by atoms with Gasteiger partial charge in [0.1, 0.15) is 17.0 Å². The third-order valence-corrected chi connectivity index (χ3v) is 6.36. The highest BCUT2D eigenvalue weighted by molar-refractivity contribution is 6.03. The van der Waals surface area contributed by atoms with Crippen LogP contribution in [0.15, 0.2) is 42.6 Å². The Bertz CT molecular complexity index is 1320. The summed E-state index contributed by atoms with van der Waals surface area (Å²) in [6, 6.07) is 10.7. The fourth-order valence-electron chi connectivity index (χ4n) is 4.38. The Balaban J connectivity index is 1.27. The monoisotopic (exact) mass is 462 g/mol. The van der Waals surface area contributed by atoms with E-state index in [1.54, 1.807) is 42.2 Å². The average molecular weight is 463 g/mol. The summed E-state index contributed by atoms with van der Waals surface area (Å²) in [5.41, 5.74) is 1.94. The third-order valence-electron chi connectivity index (χ3n) is 6.36. The maximum atomic E-state index is 14.0. The first-order chi connectivity index (χ1) is 16.4. The molecule has 1 aromatic carbocycles. The maximum Gasteiger partial charge on any atom is 0.258 e. The van der Waals surface area contributed by atoms with E-state index in [1.165, 1.54) is 6.07 Å². The molecule has 1 saturated heterocycles. The second kappa shape index (κ2) is 8.86. The molecule has 1 aliphatic heterocycles. The van der Waals surface area contributed by atoms with E-state index >= 15 is 0 Å². The molecule has 0 aliphatic carbocycles. The van der Waals surface area contributed by atoms with Gasteiger partial charge in [-0.05, 0) is 51.2 Å². The van der Waals surface area contributed by atoms with Crippen molar-refractivity contribution in [2.45, 2.75) is 18.9 Å². The number of amides is 1. The molecule has 5 rings (SSSR count). The molecular formula is C24H27FN8O. The number of halogens is 1. The van der Waals surface area contributed by atoms with Crippen LogP contribution in [0.25, 0.3) is 22.6 Å². The first-order valence-corrected chi connectivity index (χ1v) is 11.3. The highest BCUT2D eigenvalue weighted by Crippen LogP contribution is 2.24. The molecule has 0 bridgehead atoms. The summed E-state index contributed by atoms with van der Waals surface area (Å²) in [5, 5.41) is 7.16. The van der Waals surface area contributed by atoms with Crippen LogP contribution in [0, 0.1) is 5.82 Å². The van der Waals surface area contributed by atoms with E-state index in [0.29, 0.717) is 34.5 Å². The average Bonchev–Trinajstić information content (AvgIpc) is 3.43. The van der Waals surface area contributed by atoms with Gasteiger partial charge in [-0.15, -0.1) is 0 Å². The van der Waals surface area contributed by atoms with Crippen molar-refractivity contribution in [3.05, 3.63) is 54.0 Å². The van der Waals surface area contributed by atoms with Crippen molar-refractivity contribution < 1.29 is 9.18 Å². The van der Waals surface area contributed by atoms with Gasteiger partial charge in [-0.25, -0.2) is 14.4 Å². The van der Waals surface area contributed by atoms with E-state index in [1.807, 2.05) is 6.07 Å². The molecule has 34 heavy (non-hydrogen) atoms. The van der Waals surface area contributed by atoms with Gasteiger partial charge >= 0.3 is 0 Å². The number of hydrogen-bond donors (Lipinski definition) is 2. The quantitative estimate of drug-likeness (QED) is 0.473. The summed E-state index contributed by atoms with van der Waals surface area (Å²) in [5.74, 6) is 1.03. The normalized spacial score (nSPS) is 14.8. The van der Waals surface area contributed by atoms with Crippen molar-refractivity contribution in [3.63, 3.8) is 0 Å².